The van der Waals surface area contributed by atoms with Crippen molar-refractivity contribution in [2.75, 3.05) is 13.2 Å². The van der Waals surface area contributed by atoms with Gasteiger partial charge in [-0.05, 0) is 13.8 Å². The first-order valence-electron chi connectivity index (χ1n) is 5.37. The van der Waals surface area contributed by atoms with Crippen LogP contribution in [0.2, 0.25) is 0 Å². The summed E-state index contributed by atoms with van der Waals surface area (Å²) in [5, 5.41) is 0. The number of rotatable bonds is 0. The third-order valence-corrected chi connectivity index (χ3v) is 3.51. The second kappa shape index (κ2) is 4.43. The van der Waals surface area contributed by atoms with Crippen LogP contribution in [0.15, 0.2) is 0 Å². The molecule has 0 aromatic rings. The zero-order chi connectivity index (χ0) is 10.4. The van der Waals surface area contributed by atoms with Crippen molar-refractivity contribution in [2.24, 2.45) is 17.3 Å². The molecule has 1 heterocycles. The van der Waals surface area contributed by atoms with E-state index in [1.54, 1.807) is 0 Å². The van der Waals surface area contributed by atoms with Gasteiger partial charge in [0, 0.05) is 5.41 Å². The minimum Gasteiger partial charge on any atom is -0.350 e. The Kier molecular flexibility index (Phi) is 4.02. The standard InChI is InChI=1S/C12H20O2.Zn/c1-9-5-12(6-10(9)2)7-13-11(3,4)14-8-12;/h9-10H,1-2,5-8H2,3-4H3;/q-2;+2/t9-,10-;/m0./s1. The Hall–Kier alpha value is 0.543. The minimum atomic E-state index is -0.402. The van der Waals surface area contributed by atoms with Crippen molar-refractivity contribution < 1.29 is 29.0 Å². The maximum atomic E-state index is 5.72. The van der Waals surface area contributed by atoms with Crippen LogP contribution in [-0.4, -0.2) is 19.0 Å². The summed E-state index contributed by atoms with van der Waals surface area (Å²) in [6.45, 7) is 13.8. The van der Waals surface area contributed by atoms with E-state index in [0.29, 0.717) is 11.8 Å². The predicted octanol–water partition coefficient (Wildman–Crippen LogP) is 2.45. The van der Waals surface area contributed by atoms with Gasteiger partial charge in [0.05, 0.1) is 13.2 Å². The maximum absolute atomic E-state index is 5.72. The Morgan fingerprint density at radius 1 is 1.00 bits per heavy atom. The van der Waals surface area contributed by atoms with E-state index in [2.05, 4.69) is 13.8 Å². The molecule has 0 unspecified atom stereocenters. The third-order valence-electron chi connectivity index (χ3n) is 3.51. The van der Waals surface area contributed by atoms with Crippen LogP contribution >= 0.6 is 0 Å². The molecule has 2 atom stereocenters. The van der Waals surface area contributed by atoms with Crippen molar-refractivity contribution in [3.63, 3.8) is 0 Å². The Labute approximate surface area is 106 Å². The van der Waals surface area contributed by atoms with Crippen LogP contribution in [0.1, 0.15) is 26.7 Å². The van der Waals surface area contributed by atoms with E-state index in [1.807, 2.05) is 13.8 Å². The predicted molar refractivity (Wildman–Crippen MR) is 55.3 cm³/mol. The molecule has 3 heteroatoms. The molecule has 2 nitrogen and oxygen atoms in total. The van der Waals surface area contributed by atoms with Crippen LogP contribution in [0.25, 0.3) is 0 Å². The van der Waals surface area contributed by atoms with Gasteiger partial charge in [0.15, 0.2) is 5.79 Å². The molecular formula is C12H20O2Zn. The Balaban J connectivity index is 0.00000112. The zero-order valence-corrected chi connectivity index (χ0v) is 12.9. The van der Waals surface area contributed by atoms with Gasteiger partial charge in [0.1, 0.15) is 0 Å². The quantitative estimate of drug-likeness (QED) is 0.493. The van der Waals surface area contributed by atoms with Gasteiger partial charge in [0.25, 0.3) is 0 Å². The molecule has 82 valence electrons. The molecular weight excluding hydrogens is 242 g/mol. The fourth-order valence-electron chi connectivity index (χ4n) is 2.50. The summed E-state index contributed by atoms with van der Waals surface area (Å²) in [6, 6.07) is 0. The largest absolute Gasteiger partial charge is 2.00 e. The van der Waals surface area contributed by atoms with Gasteiger partial charge in [0.2, 0.25) is 0 Å². The Morgan fingerprint density at radius 2 is 1.40 bits per heavy atom. The van der Waals surface area contributed by atoms with Crippen LogP contribution in [0.4, 0.5) is 0 Å². The van der Waals surface area contributed by atoms with Crippen LogP contribution in [0.3, 0.4) is 0 Å². The SMILES string of the molecule is [CH2-][C@H]1CC2(COC(C)(C)OC2)C[C@@H]1[CH2-].[Zn+2]. The molecule has 1 saturated carbocycles. The van der Waals surface area contributed by atoms with Crippen LogP contribution in [0, 0.1) is 31.1 Å². The van der Waals surface area contributed by atoms with Gasteiger partial charge in [-0.3, -0.25) is 0 Å². The van der Waals surface area contributed by atoms with Crippen molar-refractivity contribution in [3.8, 4) is 0 Å². The summed E-state index contributed by atoms with van der Waals surface area (Å²) in [5.41, 5.74) is 0.203. The zero-order valence-electron chi connectivity index (χ0n) is 9.92. The average molecular weight is 262 g/mol. The summed E-state index contributed by atoms with van der Waals surface area (Å²) >= 11 is 0. The molecule has 0 radical (unpaired) electrons. The molecule has 2 fully saturated rings. The van der Waals surface area contributed by atoms with Crippen LogP contribution in [-0.2, 0) is 29.0 Å². The Morgan fingerprint density at radius 3 is 1.80 bits per heavy atom. The van der Waals surface area contributed by atoms with Crippen molar-refractivity contribution >= 4 is 0 Å². The average Bonchev–Trinajstić information content (AvgIpc) is 2.36. The van der Waals surface area contributed by atoms with Crippen LogP contribution < -0.4 is 0 Å². The third kappa shape index (κ3) is 2.81. The summed E-state index contributed by atoms with van der Waals surface area (Å²) in [6.07, 6.45) is 2.19. The molecule has 0 bridgehead atoms. The molecule has 1 saturated heterocycles. The molecule has 0 aromatic carbocycles. The number of hydrogen-bond donors (Lipinski definition) is 0. The van der Waals surface area contributed by atoms with E-state index >= 15 is 0 Å². The van der Waals surface area contributed by atoms with Gasteiger partial charge in [-0.2, -0.15) is 11.8 Å². The monoisotopic (exact) mass is 260 g/mol. The van der Waals surface area contributed by atoms with Gasteiger partial charge in [-0.25, -0.2) is 0 Å². The number of hydrogen-bond acceptors (Lipinski definition) is 2. The van der Waals surface area contributed by atoms with Crippen molar-refractivity contribution in [2.45, 2.75) is 32.5 Å². The molecule has 2 rings (SSSR count). The first-order valence-corrected chi connectivity index (χ1v) is 5.37. The first kappa shape index (κ1) is 13.6. The van der Waals surface area contributed by atoms with Gasteiger partial charge >= 0.3 is 19.5 Å². The second-order valence-electron chi connectivity index (χ2n) is 5.41. The topological polar surface area (TPSA) is 18.5 Å². The fourth-order valence-corrected chi connectivity index (χ4v) is 2.50. The van der Waals surface area contributed by atoms with E-state index in [9.17, 15) is 0 Å². The van der Waals surface area contributed by atoms with Crippen molar-refractivity contribution in [1.82, 2.24) is 0 Å². The number of ether oxygens (including phenoxy) is 2. The van der Waals surface area contributed by atoms with E-state index in [-0.39, 0.29) is 24.9 Å². The normalized spacial score (nSPS) is 37.6. The molecule has 15 heavy (non-hydrogen) atoms. The van der Waals surface area contributed by atoms with E-state index < -0.39 is 5.79 Å². The molecule has 0 aromatic heterocycles. The fraction of sp³-hybridized carbons (Fsp3) is 0.833. The van der Waals surface area contributed by atoms with Crippen molar-refractivity contribution in [1.29, 1.82) is 0 Å². The molecule has 0 N–H and O–H groups in total. The summed E-state index contributed by atoms with van der Waals surface area (Å²) in [5.74, 6) is 0.521. The van der Waals surface area contributed by atoms with E-state index in [1.165, 1.54) is 0 Å². The van der Waals surface area contributed by atoms with E-state index in [0.717, 1.165) is 26.1 Å². The van der Waals surface area contributed by atoms with Gasteiger partial charge in [-0.1, -0.05) is 12.8 Å². The molecule has 1 aliphatic heterocycles. The van der Waals surface area contributed by atoms with Gasteiger partial charge in [-0.15, -0.1) is 0 Å². The molecule has 1 spiro atoms. The smallest absolute Gasteiger partial charge is 0.350 e. The molecule has 2 aliphatic rings. The molecule has 0 amide bonds. The summed E-state index contributed by atoms with van der Waals surface area (Å²) in [4.78, 5) is 0. The molecule has 1 aliphatic carbocycles. The van der Waals surface area contributed by atoms with Crippen molar-refractivity contribution in [3.05, 3.63) is 13.8 Å². The van der Waals surface area contributed by atoms with Gasteiger partial charge < -0.3 is 23.3 Å². The summed E-state index contributed by atoms with van der Waals surface area (Å²) < 4.78 is 11.4. The second-order valence-corrected chi connectivity index (χ2v) is 5.41. The Bertz CT molecular complexity index is 206. The first-order chi connectivity index (χ1) is 6.43. The van der Waals surface area contributed by atoms with E-state index in [4.69, 9.17) is 9.47 Å². The maximum Gasteiger partial charge on any atom is 2.00 e. The minimum absolute atomic E-state index is 0. The summed E-state index contributed by atoms with van der Waals surface area (Å²) in [7, 11) is 0. The van der Waals surface area contributed by atoms with Crippen LogP contribution in [0.5, 0.6) is 0 Å².